The molecular weight excluding hydrogens is 685 g/mol. The predicted molar refractivity (Wildman–Crippen MR) is 219 cm³/mol. The van der Waals surface area contributed by atoms with Gasteiger partial charge in [-0.3, -0.25) is 0 Å². The van der Waals surface area contributed by atoms with Crippen molar-refractivity contribution < 1.29 is 29.2 Å². The molecule has 1 aliphatic rings. The third-order valence-corrected chi connectivity index (χ3v) is 10.2. The Kier molecular flexibility index (Phi) is 11.8. The van der Waals surface area contributed by atoms with Gasteiger partial charge in [0.25, 0.3) is 0 Å². The molecule has 282 valence electrons. The van der Waals surface area contributed by atoms with Gasteiger partial charge < -0.3 is 29.2 Å². The number of aliphatic hydroxyl groups excluding tert-OH is 2. The summed E-state index contributed by atoms with van der Waals surface area (Å²) in [6.45, 7) is 7.77. The number of fused-ring (bicyclic) bond motifs is 3. The highest BCUT2D eigenvalue weighted by atomic mass is 16.7. The molecule has 6 nitrogen and oxygen atoms in total. The van der Waals surface area contributed by atoms with Gasteiger partial charge in [0.1, 0.15) is 11.5 Å². The highest BCUT2D eigenvalue weighted by Crippen LogP contribution is 2.61. The van der Waals surface area contributed by atoms with E-state index in [0.717, 1.165) is 55.6 Å². The molecule has 2 N–H and O–H groups in total. The van der Waals surface area contributed by atoms with Crippen LogP contribution >= 0.6 is 0 Å². The number of rotatable bonds is 16. The smallest absolute Gasteiger partial charge is 0.199 e. The van der Waals surface area contributed by atoms with Crippen LogP contribution in [0, 0.1) is 0 Å². The molecule has 6 aromatic carbocycles. The Labute approximate surface area is 324 Å². The summed E-state index contributed by atoms with van der Waals surface area (Å²) in [5.74, 6) is 1.37. The third kappa shape index (κ3) is 7.56. The van der Waals surface area contributed by atoms with Gasteiger partial charge in [0, 0.05) is 35.1 Å². The minimum Gasteiger partial charge on any atom is -0.464 e. The van der Waals surface area contributed by atoms with E-state index in [1.165, 1.54) is 0 Å². The van der Waals surface area contributed by atoms with Crippen molar-refractivity contribution >= 4 is 0 Å². The zero-order valence-electron chi connectivity index (χ0n) is 32.0. The van der Waals surface area contributed by atoms with Crippen LogP contribution < -0.4 is 9.47 Å². The molecule has 0 heterocycles. The molecule has 7 rings (SSSR count). The van der Waals surface area contributed by atoms with Gasteiger partial charge >= 0.3 is 0 Å². The molecule has 1 aliphatic carbocycles. The second-order valence-corrected chi connectivity index (χ2v) is 14.2. The Hall–Kier alpha value is -5.24. The summed E-state index contributed by atoms with van der Waals surface area (Å²) in [5.41, 5.74) is 9.21. The van der Waals surface area contributed by atoms with Crippen molar-refractivity contribution in [1.82, 2.24) is 0 Å². The fourth-order valence-corrected chi connectivity index (χ4v) is 7.80. The summed E-state index contributed by atoms with van der Waals surface area (Å²) in [6.07, 6.45) is -1.44. The maximum absolute atomic E-state index is 10.2. The van der Waals surface area contributed by atoms with Gasteiger partial charge in [0.05, 0.1) is 30.8 Å². The van der Waals surface area contributed by atoms with Crippen LogP contribution in [0.25, 0.3) is 33.4 Å². The highest BCUT2D eigenvalue weighted by molar-refractivity contribution is 5.90. The molecule has 4 unspecified atom stereocenters. The second-order valence-electron chi connectivity index (χ2n) is 14.2. The third-order valence-electron chi connectivity index (χ3n) is 10.2. The zero-order chi connectivity index (χ0) is 38.4. The van der Waals surface area contributed by atoms with Crippen LogP contribution in [0.3, 0.4) is 0 Å². The van der Waals surface area contributed by atoms with E-state index in [1.54, 1.807) is 13.8 Å². The van der Waals surface area contributed by atoms with Crippen molar-refractivity contribution in [3.8, 4) is 44.9 Å². The highest BCUT2D eigenvalue weighted by Gasteiger charge is 2.50. The number of ether oxygens (including phenoxy) is 4. The monoisotopic (exact) mass is 734 g/mol. The van der Waals surface area contributed by atoms with Gasteiger partial charge in [0.15, 0.2) is 12.6 Å². The molecule has 0 aromatic heterocycles. The minimum atomic E-state index is -0.946. The Bertz CT molecular complexity index is 2020. The molecule has 0 saturated heterocycles. The lowest BCUT2D eigenvalue weighted by Gasteiger charge is -2.38. The van der Waals surface area contributed by atoms with Crippen LogP contribution in [0.4, 0.5) is 0 Å². The van der Waals surface area contributed by atoms with Crippen molar-refractivity contribution in [3.05, 3.63) is 168 Å². The van der Waals surface area contributed by atoms with E-state index in [1.807, 2.05) is 50.2 Å². The van der Waals surface area contributed by atoms with Crippen LogP contribution in [0.1, 0.15) is 62.8 Å². The molecule has 0 fully saturated rings. The van der Waals surface area contributed by atoms with E-state index >= 15 is 0 Å². The standard InChI is InChI=1S/C49H50O6/c1-5-45(52-31-33(3)50)54-47-37(35-19-9-7-10-20-35)25-17-29-43(47)49(41-27-15-13-23-39(41)40-24-14-16-28-42(40)49)44-30-18-26-38(36-21-11-8-12-22-36)48(44)55-46(6-2)53-32-34(4)51/h7-30,33-34,45-46,50-51H,5-6,31-32H2,1-4H3. The Morgan fingerprint density at radius 1 is 0.436 bits per heavy atom. The van der Waals surface area contributed by atoms with E-state index in [4.69, 9.17) is 18.9 Å². The molecule has 6 heteroatoms. The number of hydrogen-bond donors (Lipinski definition) is 2. The van der Waals surface area contributed by atoms with Crippen LogP contribution in [-0.4, -0.2) is 48.2 Å². The summed E-state index contributed by atoms with van der Waals surface area (Å²) in [4.78, 5) is 0. The number of aliphatic hydroxyl groups is 2. The molecule has 0 amide bonds. The van der Waals surface area contributed by atoms with Crippen molar-refractivity contribution in [1.29, 1.82) is 0 Å². The maximum atomic E-state index is 10.2. The van der Waals surface area contributed by atoms with E-state index in [2.05, 4.69) is 109 Å². The average Bonchev–Trinajstić information content (AvgIpc) is 3.52. The lowest BCUT2D eigenvalue weighted by atomic mass is 9.66. The number of benzene rings is 6. The van der Waals surface area contributed by atoms with Crippen LogP contribution in [-0.2, 0) is 14.9 Å². The summed E-state index contributed by atoms with van der Waals surface area (Å²) in [5, 5.41) is 20.4. The SMILES string of the molecule is CCC(OCC(C)O)Oc1c(-c2ccccc2)cccc1C1(c2cccc(-c3ccccc3)c2OC(CC)OCC(C)O)c2ccccc2-c2ccccc21. The fraction of sp³-hybridized carbons (Fsp3) is 0.265. The molecule has 0 aliphatic heterocycles. The molecule has 0 radical (unpaired) electrons. The van der Waals surface area contributed by atoms with Gasteiger partial charge in [-0.2, -0.15) is 0 Å². The van der Waals surface area contributed by atoms with Crippen molar-refractivity contribution in [2.24, 2.45) is 0 Å². The normalized spacial score (nSPS) is 15.0. The number of hydrogen-bond acceptors (Lipinski definition) is 6. The van der Waals surface area contributed by atoms with Gasteiger partial charge in [-0.15, -0.1) is 0 Å². The van der Waals surface area contributed by atoms with E-state index in [9.17, 15) is 10.2 Å². The van der Waals surface area contributed by atoms with E-state index < -0.39 is 30.2 Å². The molecular formula is C49H50O6. The van der Waals surface area contributed by atoms with E-state index in [0.29, 0.717) is 24.3 Å². The second kappa shape index (κ2) is 17.1. The quantitative estimate of drug-likeness (QED) is 0.0963. The Morgan fingerprint density at radius 3 is 1.16 bits per heavy atom. The molecule has 6 aromatic rings. The Balaban J connectivity index is 1.60. The Morgan fingerprint density at radius 2 is 0.782 bits per heavy atom. The largest absolute Gasteiger partial charge is 0.464 e. The summed E-state index contributed by atoms with van der Waals surface area (Å²) in [6, 6.07) is 50.6. The van der Waals surface area contributed by atoms with Crippen molar-refractivity contribution in [3.63, 3.8) is 0 Å². The number of para-hydroxylation sites is 2. The molecule has 0 spiro atoms. The first kappa shape index (κ1) is 38.1. The topological polar surface area (TPSA) is 77.4 Å². The van der Waals surface area contributed by atoms with Gasteiger partial charge in [0.2, 0.25) is 0 Å². The molecule has 55 heavy (non-hydrogen) atoms. The molecule has 0 saturated carbocycles. The van der Waals surface area contributed by atoms with Gasteiger partial charge in [-0.1, -0.05) is 159 Å². The maximum Gasteiger partial charge on any atom is 0.199 e. The first-order valence-corrected chi connectivity index (χ1v) is 19.4. The van der Waals surface area contributed by atoms with Crippen LogP contribution in [0.2, 0.25) is 0 Å². The summed E-state index contributed by atoms with van der Waals surface area (Å²) < 4.78 is 26.7. The zero-order valence-corrected chi connectivity index (χ0v) is 32.0. The summed E-state index contributed by atoms with van der Waals surface area (Å²) in [7, 11) is 0. The average molecular weight is 735 g/mol. The first-order chi connectivity index (χ1) is 26.9. The molecule has 0 bridgehead atoms. The lowest BCUT2D eigenvalue weighted by molar-refractivity contribution is -0.104. The first-order valence-electron chi connectivity index (χ1n) is 19.4. The fourth-order valence-electron chi connectivity index (χ4n) is 7.80. The van der Waals surface area contributed by atoms with Crippen LogP contribution in [0.5, 0.6) is 11.5 Å². The van der Waals surface area contributed by atoms with Gasteiger partial charge in [-0.25, -0.2) is 0 Å². The van der Waals surface area contributed by atoms with Gasteiger partial charge in [-0.05, 0) is 47.2 Å². The lowest BCUT2D eigenvalue weighted by Crippen LogP contribution is -2.33. The summed E-state index contributed by atoms with van der Waals surface area (Å²) >= 11 is 0. The van der Waals surface area contributed by atoms with Crippen LogP contribution in [0.15, 0.2) is 146 Å². The molecule has 4 atom stereocenters. The van der Waals surface area contributed by atoms with E-state index in [-0.39, 0.29) is 13.2 Å². The van der Waals surface area contributed by atoms with Crippen molar-refractivity contribution in [2.75, 3.05) is 13.2 Å². The minimum absolute atomic E-state index is 0.139. The predicted octanol–water partition coefficient (Wildman–Crippen LogP) is 10.4. The van der Waals surface area contributed by atoms with Crippen molar-refractivity contribution in [2.45, 2.75) is 70.7 Å².